The van der Waals surface area contributed by atoms with Gasteiger partial charge in [-0.2, -0.15) is 10.1 Å². The number of amides is 1. The fourth-order valence-corrected chi connectivity index (χ4v) is 2.78. The Balaban J connectivity index is 1.82. The number of hydrazone groups is 1. The molecule has 3 aromatic rings. The molecule has 0 spiro atoms. The van der Waals surface area contributed by atoms with Gasteiger partial charge in [0, 0.05) is 27.5 Å². The zero-order valence-corrected chi connectivity index (χ0v) is 15.6. The first-order chi connectivity index (χ1) is 12.8. The van der Waals surface area contributed by atoms with Crippen LogP contribution >= 0.6 is 15.9 Å². The fraction of sp³-hybridized carbons (Fsp3) is 0.133. The van der Waals surface area contributed by atoms with Gasteiger partial charge in [0.25, 0.3) is 5.78 Å². The number of hydrogen-bond donors (Lipinski definition) is 2. The highest BCUT2D eigenvalue weighted by Crippen LogP contribution is 2.32. The molecule has 0 saturated carbocycles. The van der Waals surface area contributed by atoms with Gasteiger partial charge in [-0.1, -0.05) is 15.9 Å². The predicted molar refractivity (Wildman–Crippen MR) is 97.8 cm³/mol. The molecule has 0 aliphatic heterocycles. The second kappa shape index (κ2) is 7.07. The number of nitro groups is 1. The number of carbonyl (C=O) groups is 1. The third kappa shape index (κ3) is 3.74. The van der Waals surface area contributed by atoms with Crippen LogP contribution in [-0.2, 0) is 0 Å². The van der Waals surface area contributed by atoms with Crippen LogP contribution in [0.2, 0.25) is 0 Å². The Labute approximate surface area is 160 Å². The average molecular weight is 434 g/mol. The summed E-state index contributed by atoms with van der Waals surface area (Å²) >= 11 is 3.11. The zero-order chi connectivity index (χ0) is 19.7. The van der Waals surface area contributed by atoms with E-state index in [1.165, 1.54) is 10.6 Å². The molecule has 0 unspecified atom stereocenters. The lowest BCUT2D eigenvalue weighted by Crippen LogP contribution is -2.19. The topological polar surface area (TPSA) is 148 Å². The summed E-state index contributed by atoms with van der Waals surface area (Å²) in [6.45, 7) is 3.61. The number of hydrogen-bond acceptors (Lipinski definition) is 8. The summed E-state index contributed by atoms with van der Waals surface area (Å²) in [6, 6.07) is 4.37. The van der Waals surface area contributed by atoms with Gasteiger partial charge in [-0.05, 0) is 26.0 Å². The lowest BCUT2D eigenvalue weighted by atomic mass is 10.2. The lowest BCUT2D eigenvalue weighted by molar-refractivity contribution is -0.385. The number of phenols is 1. The summed E-state index contributed by atoms with van der Waals surface area (Å²) in [6.07, 6.45) is 1.08. The number of aromatic nitrogens is 4. The average Bonchev–Trinajstić information content (AvgIpc) is 3.01. The summed E-state index contributed by atoms with van der Waals surface area (Å²) in [5.74, 6) is -1.13. The number of nitrogens with zero attached hydrogens (tertiary/aromatic N) is 6. The minimum atomic E-state index is -0.728. The number of fused-ring (bicyclic) bond motifs is 1. The highest BCUT2D eigenvalue weighted by atomic mass is 79.9. The number of rotatable bonds is 4. The number of carbonyl (C=O) groups excluding carboxylic acids is 1. The van der Waals surface area contributed by atoms with Crippen molar-refractivity contribution in [1.82, 2.24) is 25.0 Å². The molecule has 0 fully saturated rings. The normalized spacial score (nSPS) is 11.2. The van der Waals surface area contributed by atoms with E-state index in [0.717, 1.165) is 23.7 Å². The molecule has 0 radical (unpaired) electrons. The van der Waals surface area contributed by atoms with E-state index < -0.39 is 22.3 Å². The number of nitro benzene ring substituents is 1. The van der Waals surface area contributed by atoms with Crippen LogP contribution in [0.15, 0.2) is 27.8 Å². The van der Waals surface area contributed by atoms with Gasteiger partial charge in [0.2, 0.25) is 11.6 Å². The quantitative estimate of drug-likeness (QED) is 0.362. The van der Waals surface area contributed by atoms with Crippen molar-refractivity contribution in [3.8, 4) is 5.75 Å². The molecule has 0 aliphatic carbocycles. The molecule has 2 heterocycles. The van der Waals surface area contributed by atoms with Crippen LogP contribution in [-0.4, -0.2) is 41.7 Å². The minimum absolute atomic E-state index is 0.0486. The number of halogens is 1. The first-order valence-electron chi connectivity index (χ1n) is 7.47. The van der Waals surface area contributed by atoms with E-state index in [-0.39, 0.29) is 17.2 Å². The van der Waals surface area contributed by atoms with Crippen LogP contribution in [0.4, 0.5) is 5.69 Å². The standard InChI is InChI=1S/C15H12BrN7O4/c1-7-3-8(2)22-15(18-7)19-13(21-22)14(25)20-17-6-9-4-10(16)5-11(12(9)24)23(26)27/h3-6,24H,1-2H3,(H,20,25)/b17-6+. The third-order valence-corrected chi connectivity index (χ3v) is 3.93. The summed E-state index contributed by atoms with van der Waals surface area (Å²) in [4.78, 5) is 30.6. The van der Waals surface area contributed by atoms with E-state index in [4.69, 9.17) is 0 Å². The van der Waals surface area contributed by atoms with Gasteiger partial charge < -0.3 is 5.11 Å². The smallest absolute Gasteiger partial charge is 0.312 e. The second-order valence-corrected chi connectivity index (χ2v) is 6.42. The molecule has 1 aromatic carbocycles. The van der Waals surface area contributed by atoms with E-state index in [1.54, 1.807) is 19.9 Å². The Bertz CT molecular complexity index is 1110. The minimum Gasteiger partial charge on any atom is -0.502 e. The van der Waals surface area contributed by atoms with Crippen LogP contribution in [0.1, 0.15) is 27.6 Å². The van der Waals surface area contributed by atoms with Crippen molar-refractivity contribution in [2.24, 2.45) is 5.10 Å². The molecule has 2 aromatic heterocycles. The molecule has 2 N–H and O–H groups in total. The summed E-state index contributed by atoms with van der Waals surface area (Å²) in [7, 11) is 0. The molecule has 3 rings (SSSR count). The highest BCUT2D eigenvalue weighted by Gasteiger charge is 2.18. The van der Waals surface area contributed by atoms with Gasteiger partial charge in [-0.25, -0.2) is 14.9 Å². The van der Waals surface area contributed by atoms with Crippen molar-refractivity contribution in [3.63, 3.8) is 0 Å². The number of nitrogens with one attached hydrogen (secondary N) is 1. The molecule has 0 saturated heterocycles. The molecular weight excluding hydrogens is 422 g/mol. The summed E-state index contributed by atoms with van der Waals surface area (Å²) in [5.41, 5.74) is 3.27. The van der Waals surface area contributed by atoms with Crippen molar-refractivity contribution < 1.29 is 14.8 Å². The Morgan fingerprint density at radius 2 is 2.11 bits per heavy atom. The van der Waals surface area contributed by atoms with Gasteiger partial charge in [0.05, 0.1) is 11.1 Å². The van der Waals surface area contributed by atoms with Crippen LogP contribution in [0, 0.1) is 24.0 Å². The fourth-order valence-electron chi connectivity index (χ4n) is 2.32. The first kappa shape index (κ1) is 18.4. The van der Waals surface area contributed by atoms with Crippen molar-refractivity contribution in [2.75, 3.05) is 0 Å². The van der Waals surface area contributed by atoms with Gasteiger partial charge in [-0.15, -0.1) is 5.10 Å². The molecule has 1 amide bonds. The Morgan fingerprint density at radius 1 is 1.37 bits per heavy atom. The number of aryl methyl sites for hydroxylation is 2. The lowest BCUT2D eigenvalue weighted by Gasteiger charge is -2.01. The Kier molecular flexibility index (Phi) is 4.81. The molecule has 0 aliphatic rings. The molecule has 0 atom stereocenters. The largest absolute Gasteiger partial charge is 0.502 e. The van der Waals surface area contributed by atoms with Crippen molar-refractivity contribution in [1.29, 1.82) is 0 Å². The first-order valence-corrected chi connectivity index (χ1v) is 8.27. The molecule has 11 nitrogen and oxygen atoms in total. The molecule has 138 valence electrons. The third-order valence-electron chi connectivity index (χ3n) is 3.47. The van der Waals surface area contributed by atoms with E-state index in [0.29, 0.717) is 4.47 Å². The van der Waals surface area contributed by atoms with Crippen molar-refractivity contribution in [3.05, 3.63) is 55.6 Å². The monoisotopic (exact) mass is 433 g/mol. The predicted octanol–water partition coefficient (Wildman–Crippen LogP) is 1.88. The van der Waals surface area contributed by atoms with Gasteiger partial charge >= 0.3 is 11.6 Å². The van der Waals surface area contributed by atoms with Gasteiger partial charge in [0.15, 0.2) is 0 Å². The van der Waals surface area contributed by atoms with Crippen molar-refractivity contribution in [2.45, 2.75) is 13.8 Å². The van der Waals surface area contributed by atoms with E-state index in [1.807, 2.05) is 0 Å². The van der Waals surface area contributed by atoms with E-state index in [2.05, 4.69) is 41.5 Å². The maximum absolute atomic E-state index is 12.2. The molecule has 27 heavy (non-hydrogen) atoms. The van der Waals surface area contributed by atoms with Crippen LogP contribution in [0.5, 0.6) is 5.75 Å². The summed E-state index contributed by atoms with van der Waals surface area (Å²) < 4.78 is 1.80. The SMILES string of the molecule is Cc1cc(C)n2nc(C(=O)N/N=C/c3cc(Br)cc([N+](=O)[O-])c3O)nc2n1. The maximum Gasteiger partial charge on any atom is 0.312 e. The molecule has 12 heteroatoms. The zero-order valence-electron chi connectivity index (χ0n) is 14.0. The number of phenolic OH excluding ortho intramolecular Hbond substituents is 1. The Hall–Kier alpha value is -3.41. The van der Waals surface area contributed by atoms with Crippen LogP contribution < -0.4 is 5.43 Å². The number of benzene rings is 1. The molecular formula is C15H12BrN7O4. The highest BCUT2D eigenvalue weighted by molar-refractivity contribution is 9.10. The Morgan fingerprint density at radius 3 is 2.81 bits per heavy atom. The maximum atomic E-state index is 12.2. The second-order valence-electron chi connectivity index (χ2n) is 5.51. The van der Waals surface area contributed by atoms with Crippen LogP contribution in [0.3, 0.4) is 0 Å². The molecule has 0 bridgehead atoms. The van der Waals surface area contributed by atoms with Gasteiger partial charge in [-0.3, -0.25) is 14.9 Å². The number of aromatic hydroxyl groups is 1. The van der Waals surface area contributed by atoms with Gasteiger partial charge in [0.1, 0.15) is 0 Å². The van der Waals surface area contributed by atoms with Crippen LogP contribution in [0.25, 0.3) is 5.78 Å². The van der Waals surface area contributed by atoms with E-state index >= 15 is 0 Å². The van der Waals surface area contributed by atoms with Crippen molar-refractivity contribution >= 4 is 39.5 Å². The van der Waals surface area contributed by atoms with E-state index in [9.17, 15) is 20.0 Å². The summed E-state index contributed by atoms with van der Waals surface area (Å²) in [5, 5.41) is 28.6.